The summed E-state index contributed by atoms with van der Waals surface area (Å²) in [6.07, 6.45) is 1.31. The summed E-state index contributed by atoms with van der Waals surface area (Å²) in [5.74, 6) is 0. The molecule has 1 N–H and O–H groups in total. The summed E-state index contributed by atoms with van der Waals surface area (Å²) >= 11 is 0. The molecule has 0 fully saturated rings. The van der Waals surface area contributed by atoms with Crippen LogP contribution in [0.25, 0.3) is 0 Å². The Morgan fingerprint density at radius 1 is 1.60 bits per heavy atom. The number of nitrogens with zero attached hydrogens (tertiary/aromatic N) is 1. The molecule has 57 valence electrons. The first-order chi connectivity index (χ1) is 4.72. The van der Waals surface area contributed by atoms with E-state index >= 15 is 0 Å². The van der Waals surface area contributed by atoms with Gasteiger partial charge in [0.25, 0.3) is 0 Å². The average Bonchev–Trinajstić information content (AvgIpc) is 1.87. The molecule has 0 saturated heterocycles. The van der Waals surface area contributed by atoms with E-state index in [9.17, 15) is 5.11 Å². The van der Waals surface area contributed by atoms with Gasteiger partial charge in [-0.1, -0.05) is 6.92 Å². The van der Waals surface area contributed by atoms with Gasteiger partial charge in [0.2, 0.25) is 0 Å². The fourth-order valence-corrected chi connectivity index (χ4v) is 0.697. The maximum Gasteiger partial charge on any atom is 0.102 e. The molecule has 0 rings (SSSR count). The highest BCUT2D eigenvalue weighted by Gasteiger charge is 1.99. The van der Waals surface area contributed by atoms with Gasteiger partial charge in [0.05, 0.1) is 13.5 Å². The predicted molar refractivity (Wildman–Crippen MR) is 39.2 cm³/mol. The molecule has 0 aliphatic heterocycles. The van der Waals surface area contributed by atoms with Gasteiger partial charge in [0.1, 0.15) is 6.42 Å². The van der Waals surface area contributed by atoms with Gasteiger partial charge in [0, 0.05) is 12.6 Å². The van der Waals surface area contributed by atoms with Crippen molar-refractivity contribution in [3.8, 4) is 0 Å². The molecule has 1 radical (unpaired) electrons. The molecule has 0 amide bonds. The molecular formula is C7H13N2O. The molecule has 0 saturated carbocycles. The van der Waals surface area contributed by atoms with Crippen LogP contribution in [-0.4, -0.2) is 24.0 Å². The SMILES string of the molecule is [CH2]CCN(CC[CH2+])C(=N)[O-]. The fourth-order valence-electron chi connectivity index (χ4n) is 0.697. The van der Waals surface area contributed by atoms with E-state index in [1.807, 2.05) is 0 Å². The zero-order chi connectivity index (χ0) is 7.98. The van der Waals surface area contributed by atoms with Crippen molar-refractivity contribution in [2.45, 2.75) is 12.8 Å². The summed E-state index contributed by atoms with van der Waals surface area (Å²) in [6.45, 7) is 8.32. The van der Waals surface area contributed by atoms with Crippen LogP contribution in [0.5, 0.6) is 0 Å². The van der Waals surface area contributed by atoms with Gasteiger partial charge in [-0.05, 0) is 6.42 Å². The molecule has 3 heteroatoms. The first-order valence-electron chi connectivity index (χ1n) is 3.31. The second-order valence-electron chi connectivity index (χ2n) is 2.00. The number of amidine groups is 1. The Morgan fingerprint density at radius 2 is 2.20 bits per heavy atom. The van der Waals surface area contributed by atoms with Gasteiger partial charge in [0.15, 0.2) is 0 Å². The number of hydrogen-bond acceptors (Lipinski definition) is 2. The lowest BCUT2D eigenvalue weighted by atomic mass is 10.4. The first kappa shape index (κ1) is 9.14. The van der Waals surface area contributed by atoms with Gasteiger partial charge >= 0.3 is 0 Å². The Bertz CT molecular complexity index is 97.8. The Balaban J connectivity index is 3.61. The lowest BCUT2D eigenvalue weighted by Gasteiger charge is -2.25. The average molecular weight is 141 g/mol. The number of hydrogen-bond donors (Lipinski definition) is 1. The maximum atomic E-state index is 10.5. The zero-order valence-corrected chi connectivity index (χ0v) is 6.10. The summed E-state index contributed by atoms with van der Waals surface area (Å²) in [5.41, 5.74) is 0. The minimum atomic E-state index is -0.632. The molecule has 0 spiro atoms. The van der Waals surface area contributed by atoms with Crippen LogP contribution in [0.2, 0.25) is 0 Å². The minimum Gasteiger partial charge on any atom is -0.846 e. The van der Waals surface area contributed by atoms with Crippen molar-refractivity contribution >= 4 is 6.02 Å². The maximum absolute atomic E-state index is 10.5. The van der Waals surface area contributed by atoms with Crippen molar-refractivity contribution in [2.24, 2.45) is 0 Å². The molecule has 0 atom stereocenters. The Kier molecular flexibility index (Phi) is 4.54. The highest BCUT2D eigenvalue weighted by Crippen LogP contribution is 1.90. The highest BCUT2D eigenvalue weighted by atomic mass is 16.3. The van der Waals surface area contributed by atoms with Crippen molar-refractivity contribution in [3.63, 3.8) is 0 Å². The second kappa shape index (κ2) is 4.97. The Morgan fingerprint density at radius 3 is 2.50 bits per heavy atom. The van der Waals surface area contributed by atoms with Crippen LogP contribution >= 0.6 is 0 Å². The molecule has 0 aromatic rings. The third kappa shape index (κ3) is 3.22. The molecule has 10 heavy (non-hydrogen) atoms. The Hall–Kier alpha value is -0.860. The van der Waals surface area contributed by atoms with Crippen molar-refractivity contribution < 1.29 is 5.11 Å². The van der Waals surface area contributed by atoms with Gasteiger partial charge in [-0.25, -0.2) is 0 Å². The molecule has 0 bridgehead atoms. The van der Waals surface area contributed by atoms with Gasteiger partial charge < -0.3 is 10.0 Å². The lowest BCUT2D eigenvalue weighted by molar-refractivity contribution is -0.236. The lowest BCUT2D eigenvalue weighted by Crippen LogP contribution is -2.40. The molecule has 0 heterocycles. The van der Waals surface area contributed by atoms with Crippen LogP contribution in [0.4, 0.5) is 0 Å². The van der Waals surface area contributed by atoms with E-state index in [4.69, 9.17) is 5.41 Å². The highest BCUT2D eigenvalue weighted by molar-refractivity contribution is 5.65. The van der Waals surface area contributed by atoms with E-state index in [1.165, 1.54) is 4.90 Å². The standard InChI is InChI=1S/C7H13N2O/c1-3-5-9(6-4-2)7(8)10/h1-6H2,(H-,8,10). The summed E-state index contributed by atoms with van der Waals surface area (Å²) in [7, 11) is 0. The molecule has 0 aliphatic carbocycles. The van der Waals surface area contributed by atoms with Crippen LogP contribution in [0.3, 0.4) is 0 Å². The second-order valence-corrected chi connectivity index (χ2v) is 2.00. The monoisotopic (exact) mass is 141 g/mol. The van der Waals surface area contributed by atoms with E-state index in [1.54, 1.807) is 0 Å². The summed E-state index contributed by atoms with van der Waals surface area (Å²) in [4.78, 5) is 1.43. The van der Waals surface area contributed by atoms with Crippen molar-refractivity contribution in [2.75, 3.05) is 13.1 Å². The van der Waals surface area contributed by atoms with Crippen LogP contribution in [0.15, 0.2) is 0 Å². The molecular weight excluding hydrogens is 128 g/mol. The molecule has 0 aromatic heterocycles. The van der Waals surface area contributed by atoms with Gasteiger partial charge in [-0.2, -0.15) is 0 Å². The first-order valence-corrected chi connectivity index (χ1v) is 3.31. The summed E-state index contributed by atoms with van der Waals surface area (Å²) < 4.78 is 0. The number of nitrogens with one attached hydrogen (secondary N) is 1. The minimum absolute atomic E-state index is 0.567. The third-order valence-corrected chi connectivity index (χ3v) is 1.14. The van der Waals surface area contributed by atoms with Gasteiger partial charge in [-0.3, -0.25) is 5.41 Å². The van der Waals surface area contributed by atoms with E-state index in [0.29, 0.717) is 25.9 Å². The van der Waals surface area contributed by atoms with Crippen LogP contribution in [0.1, 0.15) is 12.8 Å². The fraction of sp³-hybridized carbons (Fsp3) is 0.571. The molecule has 0 aromatic carbocycles. The quantitative estimate of drug-likeness (QED) is 0.341. The van der Waals surface area contributed by atoms with Crippen molar-refractivity contribution in [3.05, 3.63) is 13.8 Å². The van der Waals surface area contributed by atoms with E-state index in [0.717, 1.165) is 0 Å². The van der Waals surface area contributed by atoms with Gasteiger partial charge in [-0.15, -0.1) is 0 Å². The van der Waals surface area contributed by atoms with Crippen molar-refractivity contribution in [1.82, 2.24) is 4.90 Å². The van der Waals surface area contributed by atoms with E-state index in [-0.39, 0.29) is 0 Å². The predicted octanol–water partition coefficient (Wildman–Crippen LogP) is 0.0318. The zero-order valence-electron chi connectivity index (χ0n) is 6.10. The summed E-state index contributed by atoms with van der Waals surface area (Å²) in [5, 5.41) is 17.2. The third-order valence-electron chi connectivity index (χ3n) is 1.14. The van der Waals surface area contributed by atoms with Crippen LogP contribution < -0.4 is 5.11 Å². The molecule has 3 nitrogen and oxygen atoms in total. The van der Waals surface area contributed by atoms with E-state index in [2.05, 4.69) is 13.8 Å². The number of rotatable bonds is 4. The van der Waals surface area contributed by atoms with Crippen molar-refractivity contribution in [1.29, 1.82) is 5.41 Å². The topological polar surface area (TPSA) is 50.2 Å². The molecule has 0 unspecified atom stereocenters. The molecule has 0 aliphatic rings. The van der Waals surface area contributed by atoms with E-state index < -0.39 is 6.02 Å². The largest absolute Gasteiger partial charge is 0.846 e. The Labute approximate surface area is 62.2 Å². The normalized spacial score (nSPS) is 9.30. The summed E-state index contributed by atoms with van der Waals surface area (Å²) in [6, 6.07) is -0.632. The van der Waals surface area contributed by atoms with Crippen LogP contribution in [-0.2, 0) is 0 Å². The van der Waals surface area contributed by atoms with Crippen LogP contribution in [0, 0.1) is 19.3 Å². The smallest absolute Gasteiger partial charge is 0.102 e.